The number of aryl methyl sites for hydroxylation is 1. The second-order valence-corrected chi connectivity index (χ2v) is 5.80. The molecule has 19 heavy (non-hydrogen) atoms. The van der Waals surface area contributed by atoms with Crippen LogP contribution in [-0.2, 0) is 17.8 Å². The second kappa shape index (κ2) is 6.66. The summed E-state index contributed by atoms with van der Waals surface area (Å²) < 4.78 is 0. The van der Waals surface area contributed by atoms with E-state index in [2.05, 4.69) is 28.6 Å². The van der Waals surface area contributed by atoms with Crippen LogP contribution in [0, 0.1) is 0 Å². The Hall–Kier alpha value is -1.42. The number of carbonyl (C=O) groups is 1. The summed E-state index contributed by atoms with van der Waals surface area (Å²) in [6, 6.07) is 3.79. The van der Waals surface area contributed by atoms with Crippen molar-refractivity contribution in [2.75, 3.05) is 0 Å². The quantitative estimate of drug-likeness (QED) is 0.854. The Bertz CT molecular complexity index is 424. The molecule has 1 aromatic heterocycles. The third-order valence-electron chi connectivity index (χ3n) is 2.83. The number of pyridine rings is 1. The smallest absolute Gasteiger partial charge is 0.237 e. The summed E-state index contributed by atoms with van der Waals surface area (Å²) in [6.45, 7) is 10.5. The molecule has 0 fully saturated rings. The Balaban J connectivity index is 2.54. The molecule has 1 amide bonds. The summed E-state index contributed by atoms with van der Waals surface area (Å²) in [7, 11) is 0. The highest BCUT2D eigenvalue weighted by atomic mass is 16.2. The van der Waals surface area contributed by atoms with Gasteiger partial charge in [-0.05, 0) is 45.7 Å². The molecule has 0 spiro atoms. The van der Waals surface area contributed by atoms with Crippen LogP contribution in [0.5, 0.6) is 0 Å². The van der Waals surface area contributed by atoms with Crippen molar-refractivity contribution in [2.45, 2.75) is 59.2 Å². The molecule has 0 aromatic carbocycles. The van der Waals surface area contributed by atoms with Crippen LogP contribution in [0.2, 0.25) is 0 Å². The number of carbonyl (C=O) groups excluding carboxylic acids is 1. The Morgan fingerprint density at radius 3 is 2.68 bits per heavy atom. The van der Waals surface area contributed by atoms with Gasteiger partial charge in [-0.1, -0.05) is 13.0 Å². The molecule has 1 heterocycles. The maximum Gasteiger partial charge on any atom is 0.237 e. The predicted molar refractivity (Wildman–Crippen MR) is 77.8 cm³/mol. The fraction of sp³-hybridized carbons (Fsp3) is 0.600. The maximum atomic E-state index is 11.9. The number of rotatable bonds is 5. The number of aromatic nitrogens is 1. The monoisotopic (exact) mass is 263 g/mol. The van der Waals surface area contributed by atoms with E-state index in [1.807, 2.05) is 33.8 Å². The van der Waals surface area contributed by atoms with Crippen LogP contribution >= 0.6 is 0 Å². The summed E-state index contributed by atoms with van der Waals surface area (Å²) in [5.41, 5.74) is 2.03. The first kappa shape index (κ1) is 15.6. The van der Waals surface area contributed by atoms with Crippen LogP contribution in [0.25, 0.3) is 0 Å². The van der Waals surface area contributed by atoms with Crippen molar-refractivity contribution in [1.82, 2.24) is 15.6 Å². The van der Waals surface area contributed by atoms with Gasteiger partial charge in [0, 0.05) is 18.3 Å². The normalized spacial score (nSPS) is 13.1. The van der Waals surface area contributed by atoms with Crippen LogP contribution in [0.1, 0.15) is 45.9 Å². The number of hydrogen-bond donors (Lipinski definition) is 2. The van der Waals surface area contributed by atoms with Crippen molar-refractivity contribution in [3.8, 4) is 0 Å². The van der Waals surface area contributed by atoms with E-state index in [-0.39, 0.29) is 17.5 Å². The van der Waals surface area contributed by atoms with Crippen LogP contribution in [0.15, 0.2) is 18.3 Å². The molecule has 4 heteroatoms. The molecule has 106 valence electrons. The van der Waals surface area contributed by atoms with Crippen molar-refractivity contribution < 1.29 is 4.79 Å². The van der Waals surface area contributed by atoms with E-state index < -0.39 is 0 Å². The first-order valence-corrected chi connectivity index (χ1v) is 6.81. The molecular formula is C15H25N3O. The molecular weight excluding hydrogens is 238 g/mol. The Kier molecular flexibility index (Phi) is 5.48. The minimum Gasteiger partial charge on any atom is -0.350 e. The fourth-order valence-electron chi connectivity index (χ4n) is 1.77. The highest BCUT2D eigenvalue weighted by molar-refractivity contribution is 5.81. The Morgan fingerprint density at radius 2 is 2.11 bits per heavy atom. The fourth-order valence-corrected chi connectivity index (χ4v) is 1.77. The molecule has 1 rings (SSSR count). The first-order chi connectivity index (χ1) is 8.83. The lowest BCUT2D eigenvalue weighted by molar-refractivity contribution is -0.124. The van der Waals surface area contributed by atoms with Crippen LogP contribution in [0.3, 0.4) is 0 Å². The van der Waals surface area contributed by atoms with E-state index in [0.29, 0.717) is 6.54 Å². The van der Waals surface area contributed by atoms with Crippen molar-refractivity contribution in [2.24, 2.45) is 0 Å². The third kappa shape index (κ3) is 5.39. The lowest BCUT2D eigenvalue weighted by Crippen LogP contribution is -2.49. The SMILES string of the molecule is CCc1cccnc1CNC(C)C(=O)NC(C)(C)C. The van der Waals surface area contributed by atoms with E-state index in [9.17, 15) is 4.79 Å². The zero-order valence-corrected chi connectivity index (χ0v) is 12.6. The largest absolute Gasteiger partial charge is 0.350 e. The van der Waals surface area contributed by atoms with E-state index in [1.165, 1.54) is 5.56 Å². The Morgan fingerprint density at radius 1 is 1.42 bits per heavy atom. The average Bonchev–Trinajstić information content (AvgIpc) is 2.34. The van der Waals surface area contributed by atoms with Crippen LogP contribution in [-0.4, -0.2) is 22.5 Å². The zero-order valence-electron chi connectivity index (χ0n) is 12.6. The summed E-state index contributed by atoms with van der Waals surface area (Å²) in [4.78, 5) is 16.3. The molecule has 0 saturated carbocycles. The van der Waals surface area contributed by atoms with Gasteiger partial charge < -0.3 is 10.6 Å². The molecule has 0 radical (unpaired) electrons. The van der Waals surface area contributed by atoms with Crippen molar-refractivity contribution in [3.63, 3.8) is 0 Å². The number of nitrogens with one attached hydrogen (secondary N) is 2. The van der Waals surface area contributed by atoms with E-state index in [0.717, 1.165) is 12.1 Å². The highest BCUT2D eigenvalue weighted by Gasteiger charge is 2.18. The van der Waals surface area contributed by atoms with Gasteiger partial charge in [-0.3, -0.25) is 9.78 Å². The topological polar surface area (TPSA) is 54.0 Å². The van der Waals surface area contributed by atoms with E-state index in [4.69, 9.17) is 0 Å². The molecule has 1 aromatic rings. The summed E-state index contributed by atoms with van der Waals surface area (Å²) in [5.74, 6) is 0.0153. The lowest BCUT2D eigenvalue weighted by atomic mass is 10.1. The minimum atomic E-state index is -0.231. The van der Waals surface area contributed by atoms with Gasteiger partial charge in [0.25, 0.3) is 0 Å². The predicted octanol–water partition coefficient (Wildman–Crippen LogP) is 2.04. The van der Waals surface area contributed by atoms with Crippen molar-refractivity contribution in [3.05, 3.63) is 29.6 Å². The molecule has 1 atom stereocenters. The van der Waals surface area contributed by atoms with E-state index in [1.54, 1.807) is 6.20 Å². The molecule has 0 bridgehead atoms. The van der Waals surface area contributed by atoms with Gasteiger partial charge in [-0.2, -0.15) is 0 Å². The van der Waals surface area contributed by atoms with Gasteiger partial charge in [-0.25, -0.2) is 0 Å². The van der Waals surface area contributed by atoms with Gasteiger partial charge in [0.1, 0.15) is 0 Å². The lowest BCUT2D eigenvalue weighted by Gasteiger charge is -2.23. The van der Waals surface area contributed by atoms with Gasteiger partial charge >= 0.3 is 0 Å². The number of hydrogen-bond acceptors (Lipinski definition) is 3. The van der Waals surface area contributed by atoms with Gasteiger partial charge in [-0.15, -0.1) is 0 Å². The van der Waals surface area contributed by atoms with Crippen LogP contribution < -0.4 is 10.6 Å². The number of nitrogens with zero attached hydrogens (tertiary/aromatic N) is 1. The molecule has 4 nitrogen and oxygen atoms in total. The average molecular weight is 263 g/mol. The highest BCUT2D eigenvalue weighted by Crippen LogP contribution is 2.06. The first-order valence-electron chi connectivity index (χ1n) is 6.81. The maximum absolute atomic E-state index is 11.9. The molecule has 0 aliphatic rings. The number of amides is 1. The third-order valence-corrected chi connectivity index (χ3v) is 2.83. The molecule has 0 aliphatic carbocycles. The van der Waals surface area contributed by atoms with Gasteiger partial charge in [0.05, 0.1) is 11.7 Å². The van der Waals surface area contributed by atoms with Gasteiger partial charge in [0.2, 0.25) is 5.91 Å². The van der Waals surface area contributed by atoms with Crippen LogP contribution in [0.4, 0.5) is 0 Å². The van der Waals surface area contributed by atoms with Crippen molar-refractivity contribution >= 4 is 5.91 Å². The van der Waals surface area contributed by atoms with Gasteiger partial charge in [0.15, 0.2) is 0 Å². The molecule has 0 saturated heterocycles. The van der Waals surface area contributed by atoms with E-state index >= 15 is 0 Å². The molecule has 1 unspecified atom stereocenters. The standard InChI is InChI=1S/C15H25N3O/c1-6-12-8-7-9-16-13(12)10-17-11(2)14(19)18-15(3,4)5/h7-9,11,17H,6,10H2,1-5H3,(H,18,19). The minimum absolute atomic E-state index is 0.0153. The molecule has 0 aliphatic heterocycles. The summed E-state index contributed by atoms with van der Waals surface area (Å²) in [5, 5.41) is 6.18. The summed E-state index contributed by atoms with van der Waals surface area (Å²) >= 11 is 0. The zero-order chi connectivity index (χ0) is 14.5. The summed E-state index contributed by atoms with van der Waals surface area (Å²) in [6.07, 6.45) is 2.74. The van der Waals surface area contributed by atoms with Crippen molar-refractivity contribution in [1.29, 1.82) is 0 Å². The molecule has 2 N–H and O–H groups in total. The Labute approximate surface area is 116 Å². The second-order valence-electron chi connectivity index (χ2n) is 5.80.